The molecule has 2 aromatic rings. The largest absolute Gasteiger partial charge is 0.497 e. The van der Waals surface area contributed by atoms with E-state index in [9.17, 15) is 4.79 Å². The van der Waals surface area contributed by atoms with Gasteiger partial charge in [-0.15, -0.1) is 0 Å². The van der Waals surface area contributed by atoms with Gasteiger partial charge in [-0.05, 0) is 30.3 Å². The maximum Gasteiger partial charge on any atom is 0.271 e. The van der Waals surface area contributed by atoms with Crippen LogP contribution in [0, 0.1) is 0 Å². The van der Waals surface area contributed by atoms with E-state index in [0.29, 0.717) is 17.0 Å². The van der Waals surface area contributed by atoms with E-state index in [1.54, 1.807) is 43.6 Å². The Morgan fingerprint density at radius 3 is 2.95 bits per heavy atom. The van der Waals surface area contributed by atoms with Crippen molar-refractivity contribution in [1.29, 1.82) is 0 Å². The average molecular weight is 255 g/mol. The van der Waals surface area contributed by atoms with Crippen molar-refractivity contribution in [3.63, 3.8) is 0 Å². The summed E-state index contributed by atoms with van der Waals surface area (Å²) in [6.45, 7) is 0. The van der Waals surface area contributed by atoms with Gasteiger partial charge in [-0.2, -0.15) is 5.10 Å². The van der Waals surface area contributed by atoms with Gasteiger partial charge in [0.05, 0.1) is 19.0 Å². The summed E-state index contributed by atoms with van der Waals surface area (Å²) in [7, 11) is 1.55. The topological polar surface area (TPSA) is 63.6 Å². The summed E-state index contributed by atoms with van der Waals surface area (Å²) in [6, 6.07) is 12.3. The predicted molar refractivity (Wildman–Crippen MR) is 72.3 cm³/mol. The van der Waals surface area contributed by atoms with Crippen molar-refractivity contribution in [2.45, 2.75) is 0 Å². The van der Waals surface area contributed by atoms with Gasteiger partial charge in [0.15, 0.2) is 0 Å². The average Bonchev–Trinajstić information content (AvgIpc) is 2.48. The Kier molecular flexibility index (Phi) is 4.23. The Labute approximate surface area is 110 Å². The Hall–Kier alpha value is -2.69. The highest BCUT2D eigenvalue weighted by atomic mass is 16.5. The molecule has 0 bridgehead atoms. The third-order valence-corrected chi connectivity index (χ3v) is 2.38. The summed E-state index contributed by atoms with van der Waals surface area (Å²) in [5, 5.41) is 3.85. The first-order valence-electron chi connectivity index (χ1n) is 5.68. The molecule has 0 saturated carbocycles. The fraction of sp³-hybridized carbons (Fsp3) is 0.0714. The van der Waals surface area contributed by atoms with Crippen molar-refractivity contribution < 1.29 is 9.53 Å². The molecule has 0 radical (unpaired) electrons. The molecule has 0 aliphatic rings. The van der Waals surface area contributed by atoms with E-state index in [4.69, 9.17) is 4.74 Å². The first kappa shape index (κ1) is 12.8. The number of carbonyl (C=O) groups excluding carboxylic acids is 1. The Bertz CT molecular complexity index is 582. The van der Waals surface area contributed by atoms with E-state index in [-0.39, 0.29) is 5.91 Å². The maximum absolute atomic E-state index is 11.8. The second-order valence-electron chi connectivity index (χ2n) is 3.69. The molecule has 0 saturated heterocycles. The second kappa shape index (κ2) is 6.30. The molecule has 0 unspecified atom stereocenters. The number of hydrogen-bond donors (Lipinski definition) is 1. The Morgan fingerprint density at radius 2 is 2.21 bits per heavy atom. The number of benzene rings is 1. The molecule has 5 nitrogen and oxygen atoms in total. The van der Waals surface area contributed by atoms with Crippen molar-refractivity contribution in [3.8, 4) is 5.75 Å². The number of pyridine rings is 1. The number of nitrogens with zero attached hydrogens (tertiary/aromatic N) is 2. The first-order chi connectivity index (χ1) is 9.29. The van der Waals surface area contributed by atoms with Crippen LogP contribution in [-0.4, -0.2) is 24.2 Å². The number of hydrogen-bond acceptors (Lipinski definition) is 4. The van der Waals surface area contributed by atoms with Gasteiger partial charge in [-0.1, -0.05) is 12.1 Å². The number of hydrazone groups is 1. The normalized spacial score (nSPS) is 10.4. The predicted octanol–water partition coefficient (Wildman–Crippen LogP) is 1.85. The second-order valence-corrected chi connectivity index (χ2v) is 3.69. The zero-order valence-corrected chi connectivity index (χ0v) is 10.4. The van der Waals surface area contributed by atoms with Crippen molar-refractivity contribution in [2.24, 2.45) is 5.10 Å². The maximum atomic E-state index is 11.8. The highest BCUT2D eigenvalue weighted by Crippen LogP contribution is 2.12. The van der Waals surface area contributed by atoms with Crippen LogP contribution >= 0.6 is 0 Å². The molecule has 1 aromatic carbocycles. The van der Waals surface area contributed by atoms with Gasteiger partial charge in [0.2, 0.25) is 0 Å². The summed E-state index contributed by atoms with van der Waals surface area (Å²) in [5.74, 6) is 0.326. The first-order valence-corrected chi connectivity index (χ1v) is 5.68. The minimum absolute atomic E-state index is 0.300. The molecule has 1 aromatic heterocycles. The lowest BCUT2D eigenvalue weighted by Crippen LogP contribution is -2.17. The quantitative estimate of drug-likeness (QED) is 0.670. The highest BCUT2D eigenvalue weighted by Gasteiger charge is 2.04. The lowest BCUT2D eigenvalue weighted by atomic mass is 10.2. The zero-order valence-electron chi connectivity index (χ0n) is 10.4. The number of ether oxygens (including phenoxy) is 1. The van der Waals surface area contributed by atoms with Crippen molar-refractivity contribution in [2.75, 3.05) is 7.11 Å². The number of carbonyl (C=O) groups is 1. The number of methoxy groups -OCH3 is 1. The van der Waals surface area contributed by atoms with Crippen LogP contribution in [0.5, 0.6) is 5.75 Å². The molecule has 0 spiro atoms. The molecule has 19 heavy (non-hydrogen) atoms. The fourth-order valence-electron chi connectivity index (χ4n) is 1.44. The lowest BCUT2D eigenvalue weighted by molar-refractivity contribution is 0.0955. The summed E-state index contributed by atoms with van der Waals surface area (Å²) < 4.78 is 5.05. The molecule has 96 valence electrons. The van der Waals surface area contributed by atoms with Crippen LogP contribution in [0.25, 0.3) is 0 Å². The third kappa shape index (κ3) is 3.64. The van der Waals surface area contributed by atoms with Gasteiger partial charge >= 0.3 is 0 Å². The van der Waals surface area contributed by atoms with E-state index in [1.807, 2.05) is 12.1 Å². The molecule has 0 fully saturated rings. The van der Waals surface area contributed by atoms with Gasteiger partial charge in [-0.25, -0.2) is 5.43 Å². The zero-order chi connectivity index (χ0) is 13.5. The van der Waals surface area contributed by atoms with Crippen LogP contribution in [0.1, 0.15) is 16.1 Å². The van der Waals surface area contributed by atoms with Gasteiger partial charge < -0.3 is 4.74 Å². The molecule has 1 N–H and O–H groups in total. The van der Waals surface area contributed by atoms with Crippen LogP contribution in [0.2, 0.25) is 0 Å². The van der Waals surface area contributed by atoms with Gasteiger partial charge in [0, 0.05) is 11.8 Å². The monoisotopic (exact) mass is 255 g/mol. The summed E-state index contributed by atoms with van der Waals surface area (Å²) in [6.07, 6.45) is 3.14. The van der Waals surface area contributed by atoms with Crippen molar-refractivity contribution >= 4 is 12.1 Å². The Balaban J connectivity index is 1.99. The minimum atomic E-state index is -0.300. The SMILES string of the molecule is COc1cccc(C(=O)N/N=C\c2ccccn2)c1. The van der Waals surface area contributed by atoms with Gasteiger partial charge in [0.25, 0.3) is 5.91 Å². The van der Waals surface area contributed by atoms with Crippen LogP contribution in [-0.2, 0) is 0 Å². The van der Waals surface area contributed by atoms with Gasteiger partial charge in [0.1, 0.15) is 5.75 Å². The molecule has 1 amide bonds. The van der Waals surface area contributed by atoms with E-state index in [1.165, 1.54) is 6.21 Å². The fourth-order valence-corrected chi connectivity index (χ4v) is 1.44. The summed E-state index contributed by atoms with van der Waals surface area (Å²) in [4.78, 5) is 15.9. The molecular weight excluding hydrogens is 242 g/mol. The molecule has 5 heteroatoms. The summed E-state index contributed by atoms with van der Waals surface area (Å²) >= 11 is 0. The number of aromatic nitrogens is 1. The molecule has 0 aliphatic carbocycles. The van der Waals surface area contributed by atoms with E-state index in [0.717, 1.165) is 0 Å². The third-order valence-electron chi connectivity index (χ3n) is 2.38. The lowest BCUT2D eigenvalue weighted by Gasteiger charge is -2.02. The molecule has 0 aliphatic heterocycles. The van der Waals surface area contributed by atoms with Gasteiger partial charge in [-0.3, -0.25) is 9.78 Å². The van der Waals surface area contributed by atoms with E-state index < -0.39 is 0 Å². The minimum Gasteiger partial charge on any atom is -0.497 e. The smallest absolute Gasteiger partial charge is 0.271 e. The van der Waals surface area contributed by atoms with E-state index >= 15 is 0 Å². The van der Waals surface area contributed by atoms with Crippen LogP contribution in [0.4, 0.5) is 0 Å². The molecule has 1 heterocycles. The highest BCUT2D eigenvalue weighted by molar-refractivity contribution is 5.95. The van der Waals surface area contributed by atoms with Crippen molar-refractivity contribution in [1.82, 2.24) is 10.4 Å². The molecule has 2 rings (SSSR count). The van der Waals surface area contributed by atoms with Crippen molar-refractivity contribution in [3.05, 3.63) is 59.9 Å². The van der Waals surface area contributed by atoms with E-state index in [2.05, 4.69) is 15.5 Å². The molecule has 0 atom stereocenters. The Morgan fingerprint density at radius 1 is 1.32 bits per heavy atom. The number of rotatable bonds is 4. The molecular formula is C14H13N3O2. The van der Waals surface area contributed by atoms with Crippen LogP contribution in [0.3, 0.4) is 0 Å². The van der Waals surface area contributed by atoms with Crippen LogP contribution < -0.4 is 10.2 Å². The number of amides is 1. The van der Waals surface area contributed by atoms with Crippen LogP contribution in [0.15, 0.2) is 53.8 Å². The summed E-state index contributed by atoms with van der Waals surface area (Å²) in [5.41, 5.74) is 3.59. The standard InChI is InChI=1S/C14H13N3O2/c1-19-13-7-4-5-11(9-13)14(18)17-16-10-12-6-2-3-8-15-12/h2-10H,1H3,(H,17,18)/b16-10-. The number of nitrogens with one attached hydrogen (secondary N) is 1.